The summed E-state index contributed by atoms with van der Waals surface area (Å²) in [6, 6.07) is 0. The average Bonchev–Trinajstić information content (AvgIpc) is 2.85. The summed E-state index contributed by atoms with van der Waals surface area (Å²) in [6.45, 7) is 15.6. The van der Waals surface area contributed by atoms with Crippen LogP contribution in [0.15, 0.2) is 0 Å². The maximum Gasteiger partial charge on any atom is 0.0565 e. The maximum absolute atomic E-state index is 2.59. The average molecular weight is 303 g/mol. The molecule has 2 fully saturated rings. The Morgan fingerprint density at radius 3 is 1.00 bits per heavy atom. The molecule has 10 radical (unpaired) electrons. The fourth-order valence-electron chi connectivity index (χ4n) is 4.27. The van der Waals surface area contributed by atoms with E-state index in [9.17, 15) is 0 Å². The third-order valence-corrected chi connectivity index (χ3v) is 41.8. The highest BCUT2D eigenvalue weighted by atomic mass is 29.6. The van der Waals surface area contributed by atoms with Gasteiger partial charge < -0.3 is 0 Å². The van der Waals surface area contributed by atoms with Gasteiger partial charge in [-0.2, -0.15) is 0 Å². The molecule has 0 amide bonds. The molecular formula is C16H26Si3. The Kier molecular flexibility index (Phi) is 4.60. The van der Waals surface area contributed by atoms with Crippen molar-refractivity contribution in [1.29, 1.82) is 0 Å². The van der Waals surface area contributed by atoms with Crippen molar-refractivity contribution < 1.29 is 0 Å². The van der Waals surface area contributed by atoms with Gasteiger partial charge >= 0.3 is 0 Å². The molecule has 0 N–H and O–H groups in total. The lowest BCUT2D eigenvalue weighted by atomic mass is 10.3. The second kappa shape index (κ2) is 5.45. The van der Waals surface area contributed by atoms with Crippen LogP contribution >= 0.6 is 0 Å². The standard InChI is InChI=1S/C16H26Si3/c1-17(2,3)19(18(4,5)6,15-11-7-8-12-15)16-13-9-10-14-16/h7-14H,1-6H3. The molecule has 0 bridgehead atoms. The second-order valence-corrected chi connectivity index (χ2v) is 34.3. The molecular weight excluding hydrogens is 276 g/mol. The Hall–Kier alpha value is 0.651. The number of rotatable bonds is 4. The van der Waals surface area contributed by atoms with Crippen LogP contribution in [0.4, 0.5) is 0 Å². The summed E-state index contributed by atoms with van der Waals surface area (Å²) in [4.78, 5) is 0. The Morgan fingerprint density at radius 2 is 0.789 bits per heavy atom. The molecule has 0 heterocycles. The van der Waals surface area contributed by atoms with E-state index in [0.717, 1.165) is 0 Å². The van der Waals surface area contributed by atoms with Crippen molar-refractivity contribution >= 4 is 22.3 Å². The van der Waals surface area contributed by atoms with Crippen molar-refractivity contribution in [2.75, 3.05) is 0 Å². The number of hydrogen-bond donors (Lipinski definition) is 0. The first kappa shape index (κ1) is 16.0. The molecule has 0 unspecified atom stereocenters. The highest BCUT2D eigenvalue weighted by Gasteiger charge is 2.63. The zero-order valence-corrected chi connectivity index (χ0v) is 16.1. The summed E-state index contributed by atoms with van der Waals surface area (Å²) >= 11 is 0. The molecule has 19 heavy (non-hydrogen) atoms. The first-order chi connectivity index (χ1) is 8.71. The monoisotopic (exact) mass is 302 g/mol. The highest BCUT2D eigenvalue weighted by Crippen LogP contribution is 2.51. The van der Waals surface area contributed by atoms with Crippen LogP contribution < -0.4 is 0 Å². The van der Waals surface area contributed by atoms with E-state index in [4.69, 9.17) is 0 Å². The van der Waals surface area contributed by atoms with Crippen molar-refractivity contribution in [3.8, 4) is 0 Å². The van der Waals surface area contributed by atoms with E-state index in [0.29, 0.717) is 0 Å². The minimum absolute atomic E-state index is 1.28. The Morgan fingerprint density at radius 1 is 0.526 bits per heavy atom. The molecule has 0 aromatic heterocycles. The molecule has 0 aromatic carbocycles. The molecule has 2 rings (SSSR count). The molecule has 0 atom stereocenters. The third-order valence-electron chi connectivity index (χ3n) is 4.44. The predicted octanol–water partition coefficient (Wildman–Crippen LogP) is 4.16. The van der Waals surface area contributed by atoms with Crippen LogP contribution in [0.25, 0.3) is 0 Å². The summed E-state index contributed by atoms with van der Waals surface area (Å²) in [7, 11) is -4.13. The summed E-state index contributed by atoms with van der Waals surface area (Å²) in [6.07, 6.45) is 18.6. The van der Waals surface area contributed by atoms with Crippen LogP contribution in [0.1, 0.15) is 0 Å². The van der Waals surface area contributed by atoms with Crippen LogP contribution in [-0.4, -0.2) is 22.3 Å². The molecule has 102 valence electrons. The lowest BCUT2D eigenvalue weighted by Gasteiger charge is -2.57. The van der Waals surface area contributed by atoms with E-state index in [1.54, 1.807) is 11.1 Å². The highest BCUT2D eigenvalue weighted by molar-refractivity contribution is 7.72. The lowest BCUT2D eigenvalue weighted by molar-refractivity contribution is 1.36. The van der Waals surface area contributed by atoms with E-state index in [1.165, 1.54) is 0 Å². The quantitative estimate of drug-likeness (QED) is 0.684. The van der Waals surface area contributed by atoms with E-state index in [-0.39, 0.29) is 0 Å². The Balaban J connectivity index is 2.49. The molecule has 0 aromatic rings. The van der Waals surface area contributed by atoms with Crippen LogP contribution in [0.2, 0.25) is 39.3 Å². The molecule has 2 saturated carbocycles. The minimum Gasteiger partial charge on any atom is -0.0716 e. The first-order valence-corrected chi connectivity index (χ1v) is 18.2. The van der Waals surface area contributed by atoms with E-state index in [2.05, 4.69) is 90.6 Å². The molecule has 2 aliphatic carbocycles. The van der Waals surface area contributed by atoms with Gasteiger partial charge in [-0.15, -0.1) is 0 Å². The van der Waals surface area contributed by atoms with Gasteiger partial charge in [-0.25, -0.2) is 0 Å². The van der Waals surface area contributed by atoms with Gasteiger partial charge in [0.25, 0.3) is 0 Å². The molecule has 0 spiro atoms. The largest absolute Gasteiger partial charge is 0.0716 e. The summed E-state index contributed by atoms with van der Waals surface area (Å²) in [5, 5.41) is 0. The second-order valence-electron chi connectivity index (χ2n) is 7.60. The van der Waals surface area contributed by atoms with Crippen molar-refractivity contribution in [2.24, 2.45) is 0 Å². The lowest BCUT2D eigenvalue weighted by Crippen LogP contribution is -2.77. The topological polar surface area (TPSA) is 0 Å². The van der Waals surface area contributed by atoms with Gasteiger partial charge in [0.1, 0.15) is 0 Å². The fourth-order valence-corrected chi connectivity index (χ4v) is 51.1. The molecule has 0 aliphatic heterocycles. The van der Waals surface area contributed by atoms with Crippen molar-refractivity contribution in [2.45, 2.75) is 39.3 Å². The van der Waals surface area contributed by atoms with E-state index < -0.39 is 22.3 Å². The van der Waals surface area contributed by atoms with Gasteiger partial charge in [0.2, 0.25) is 0 Å². The van der Waals surface area contributed by atoms with Crippen molar-refractivity contribution in [3.63, 3.8) is 0 Å². The van der Waals surface area contributed by atoms with Gasteiger partial charge in [-0.05, 0) is 62.4 Å². The maximum atomic E-state index is 2.59. The zero-order chi connectivity index (χ0) is 14.3. The predicted molar refractivity (Wildman–Crippen MR) is 93.3 cm³/mol. The summed E-state index contributed by atoms with van der Waals surface area (Å²) < 4.78 is 0. The molecule has 3 heteroatoms. The van der Waals surface area contributed by atoms with Crippen LogP contribution in [0.5, 0.6) is 0 Å². The summed E-state index contributed by atoms with van der Waals surface area (Å²) in [5.41, 5.74) is 3.38. The van der Waals surface area contributed by atoms with Crippen molar-refractivity contribution in [1.82, 2.24) is 0 Å². The molecule has 0 nitrogen and oxygen atoms in total. The molecule has 2 aliphatic rings. The smallest absolute Gasteiger partial charge is 0.0565 e. The minimum atomic E-state index is -1.57. The molecule has 0 saturated heterocycles. The Bertz CT molecular complexity index is 267. The fraction of sp³-hybridized carbons (Fsp3) is 0.375. The Labute approximate surface area is 124 Å². The SMILES string of the molecule is C[Si](C)(C)[Si]([C]1[CH][CH][CH][CH]1)([C]1[CH][CH][CH][CH]1)[Si](C)(C)C. The van der Waals surface area contributed by atoms with Gasteiger partial charge in [0, 0.05) is 15.2 Å². The normalized spacial score (nSPS) is 24.3. The zero-order valence-electron chi connectivity index (χ0n) is 13.1. The number of hydrogen-bond acceptors (Lipinski definition) is 0. The van der Waals surface area contributed by atoms with Crippen LogP contribution in [-0.2, 0) is 0 Å². The van der Waals surface area contributed by atoms with E-state index in [1.807, 2.05) is 0 Å². The first-order valence-electron chi connectivity index (χ1n) is 7.15. The van der Waals surface area contributed by atoms with Crippen LogP contribution in [0.3, 0.4) is 0 Å². The van der Waals surface area contributed by atoms with Gasteiger partial charge in [-0.3, -0.25) is 0 Å². The van der Waals surface area contributed by atoms with Crippen molar-refractivity contribution in [3.05, 3.63) is 62.4 Å². The van der Waals surface area contributed by atoms with Gasteiger partial charge in [0.05, 0.1) is 7.11 Å². The van der Waals surface area contributed by atoms with Gasteiger partial charge in [0.15, 0.2) is 0 Å². The summed E-state index contributed by atoms with van der Waals surface area (Å²) in [5.74, 6) is 0. The van der Waals surface area contributed by atoms with Gasteiger partial charge in [-0.1, -0.05) is 39.3 Å². The van der Waals surface area contributed by atoms with Crippen LogP contribution in [0, 0.1) is 62.4 Å². The van der Waals surface area contributed by atoms with E-state index >= 15 is 0 Å². The third kappa shape index (κ3) is 2.59.